The van der Waals surface area contributed by atoms with E-state index in [0.717, 1.165) is 0 Å². The zero-order valence-corrected chi connectivity index (χ0v) is 7.34. The maximum absolute atomic E-state index is 11.0. The Hall–Kier alpha value is -2.37. The predicted molar refractivity (Wildman–Crippen MR) is 46.8 cm³/mol. The van der Waals surface area contributed by atoms with Crippen molar-refractivity contribution in [3.05, 3.63) is 35.4 Å². The lowest BCUT2D eigenvalue weighted by Gasteiger charge is -1.99. The molecule has 0 aliphatic rings. The molecule has 1 aromatic rings. The second kappa shape index (κ2) is 4.23. The van der Waals surface area contributed by atoms with Crippen molar-refractivity contribution >= 4 is 18.1 Å². The van der Waals surface area contributed by atoms with Gasteiger partial charge in [-0.15, -0.1) is 0 Å². The highest BCUT2D eigenvalue weighted by Crippen LogP contribution is 2.06. The molecule has 0 fully saturated rings. The topological polar surface area (TPSA) is 101 Å². The van der Waals surface area contributed by atoms with Crippen molar-refractivity contribution in [2.24, 2.45) is 0 Å². The minimum atomic E-state index is -1.71. The minimum absolute atomic E-state index is 0.00174. The number of carboxylic acids is 1. The van der Waals surface area contributed by atoms with E-state index in [0.29, 0.717) is 0 Å². The largest absolute Gasteiger partial charge is 0.513 e. The number of carbonyl (C=O) groups is 3. The van der Waals surface area contributed by atoms with Gasteiger partial charge in [0.2, 0.25) is 0 Å². The molecule has 78 valence electrons. The number of benzene rings is 1. The number of aromatic carboxylic acids is 1. The van der Waals surface area contributed by atoms with Crippen molar-refractivity contribution in [3.8, 4) is 0 Å². The average Bonchev–Trinajstić information content (AvgIpc) is 2.17. The van der Waals surface area contributed by atoms with Gasteiger partial charge in [-0.3, -0.25) is 0 Å². The Bertz CT molecular complexity index is 405. The molecule has 0 amide bonds. The third-order valence-corrected chi connectivity index (χ3v) is 1.55. The number of hydrogen-bond acceptors (Lipinski definition) is 4. The van der Waals surface area contributed by atoms with Crippen molar-refractivity contribution in [2.45, 2.75) is 0 Å². The van der Waals surface area contributed by atoms with Crippen LogP contribution in [0.25, 0.3) is 0 Å². The summed E-state index contributed by atoms with van der Waals surface area (Å²) in [5.74, 6) is -2.17. The van der Waals surface area contributed by atoms with Gasteiger partial charge in [-0.05, 0) is 24.3 Å². The monoisotopic (exact) mass is 210 g/mol. The molecule has 0 atom stereocenters. The van der Waals surface area contributed by atoms with E-state index < -0.39 is 18.1 Å². The van der Waals surface area contributed by atoms with Gasteiger partial charge in [-0.2, -0.15) is 0 Å². The third kappa shape index (κ3) is 2.80. The lowest BCUT2D eigenvalue weighted by Crippen LogP contribution is -2.10. The Morgan fingerprint density at radius 1 is 0.933 bits per heavy atom. The van der Waals surface area contributed by atoms with Gasteiger partial charge in [0.05, 0.1) is 11.1 Å². The summed E-state index contributed by atoms with van der Waals surface area (Å²) in [6.45, 7) is 0. The van der Waals surface area contributed by atoms with Gasteiger partial charge in [0.15, 0.2) is 0 Å². The molecule has 1 rings (SSSR count). The molecule has 0 bridgehead atoms. The lowest BCUT2D eigenvalue weighted by atomic mass is 10.1. The SMILES string of the molecule is O=C(O)OC(=O)c1ccc(C(=O)O)cc1. The molecule has 0 heterocycles. The Morgan fingerprint density at radius 2 is 1.40 bits per heavy atom. The Kier molecular flexibility index (Phi) is 3.02. The van der Waals surface area contributed by atoms with E-state index in [9.17, 15) is 14.4 Å². The van der Waals surface area contributed by atoms with Crippen LogP contribution in [0.2, 0.25) is 0 Å². The highest BCUT2D eigenvalue weighted by Gasteiger charge is 2.12. The number of rotatable bonds is 2. The maximum atomic E-state index is 11.0. The molecule has 15 heavy (non-hydrogen) atoms. The molecule has 0 saturated carbocycles. The Balaban J connectivity index is 2.84. The van der Waals surface area contributed by atoms with Gasteiger partial charge in [0, 0.05) is 0 Å². The molecule has 0 radical (unpaired) electrons. The highest BCUT2D eigenvalue weighted by atomic mass is 16.7. The molecule has 0 saturated heterocycles. The quantitative estimate of drug-likeness (QED) is 0.562. The van der Waals surface area contributed by atoms with Gasteiger partial charge >= 0.3 is 18.1 Å². The van der Waals surface area contributed by atoms with Gasteiger partial charge in [-0.1, -0.05) is 0 Å². The third-order valence-electron chi connectivity index (χ3n) is 1.55. The number of hydrogen-bond donors (Lipinski definition) is 2. The standard InChI is InChI=1S/C9H6O6/c10-7(11)5-1-3-6(4-2-5)8(12)15-9(13)14/h1-4H,(H,10,11)(H,13,14). The molecule has 1 aromatic carbocycles. The summed E-state index contributed by atoms with van der Waals surface area (Å²) in [4.78, 5) is 31.5. The summed E-state index contributed by atoms with van der Waals surface area (Å²) < 4.78 is 3.87. The first-order valence-corrected chi connectivity index (χ1v) is 3.79. The van der Waals surface area contributed by atoms with E-state index in [1.807, 2.05) is 0 Å². The van der Waals surface area contributed by atoms with Crippen LogP contribution >= 0.6 is 0 Å². The van der Waals surface area contributed by atoms with Crippen LogP contribution in [-0.2, 0) is 4.74 Å². The van der Waals surface area contributed by atoms with E-state index in [1.54, 1.807) is 0 Å². The molecule has 6 nitrogen and oxygen atoms in total. The molecule has 2 N–H and O–H groups in total. The molecule has 0 aliphatic heterocycles. The molecule has 6 heteroatoms. The zero-order chi connectivity index (χ0) is 11.4. The molecule has 0 spiro atoms. The van der Waals surface area contributed by atoms with E-state index in [-0.39, 0.29) is 11.1 Å². The van der Waals surface area contributed by atoms with Crippen LogP contribution in [0.3, 0.4) is 0 Å². The number of carbonyl (C=O) groups excluding carboxylic acids is 1. The summed E-state index contributed by atoms with van der Waals surface area (Å²) in [6.07, 6.45) is -1.71. The fourth-order valence-electron chi connectivity index (χ4n) is 0.887. The van der Waals surface area contributed by atoms with Crippen molar-refractivity contribution in [3.63, 3.8) is 0 Å². The Labute approximate surface area is 83.7 Å². The lowest BCUT2D eigenvalue weighted by molar-refractivity contribution is 0.0507. The van der Waals surface area contributed by atoms with Gasteiger partial charge in [-0.25, -0.2) is 14.4 Å². The van der Waals surface area contributed by atoms with Crippen LogP contribution in [-0.4, -0.2) is 28.3 Å². The van der Waals surface area contributed by atoms with E-state index in [4.69, 9.17) is 10.2 Å². The van der Waals surface area contributed by atoms with Crippen LogP contribution in [0, 0.1) is 0 Å². The minimum Gasteiger partial charge on any atom is -0.478 e. The van der Waals surface area contributed by atoms with Crippen LogP contribution in [0.15, 0.2) is 24.3 Å². The van der Waals surface area contributed by atoms with Gasteiger partial charge in [0.1, 0.15) is 0 Å². The van der Waals surface area contributed by atoms with E-state index in [1.165, 1.54) is 24.3 Å². The second-order valence-electron chi connectivity index (χ2n) is 2.54. The van der Waals surface area contributed by atoms with Crippen LogP contribution in [0.4, 0.5) is 4.79 Å². The smallest absolute Gasteiger partial charge is 0.478 e. The van der Waals surface area contributed by atoms with Crippen molar-refractivity contribution in [1.29, 1.82) is 0 Å². The first-order valence-electron chi connectivity index (χ1n) is 3.79. The van der Waals surface area contributed by atoms with Crippen molar-refractivity contribution < 1.29 is 29.3 Å². The maximum Gasteiger partial charge on any atom is 0.513 e. The number of esters is 1. The summed E-state index contributed by atoms with van der Waals surface area (Å²) >= 11 is 0. The fourth-order valence-corrected chi connectivity index (χ4v) is 0.887. The summed E-state index contributed by atoms with van der Waals surface area (Å²) in [5.41, 5.74) is -0.0238. The first-order chi connectivity index (χ1) is 7.00. The van der Waals surface area contributed by atoms with Gasteiger partial charge in [0.25, 0.3) is 0 Å². The van der Waals surface area contributed by atoms with Crippen molar-refractivity contribution in [1.82, 2.24) is 0 Å². The summed E-state index contributed by atoms with van der Waals surface area (Å²) in [7, 11) is 0. The Morgan fingerprint density at radius 3 is 1.80 bits per heavy atom. The van der Waals surface area contributed by atoms with Crippen LogP contribution in [0.5, 0.6) is 0 Å². The predicted octanol–water partition coefficient (Wildman–Crippen LogP) is 1.22. The summed E-state index contributed by atoms with van der Waals surface area (Å²) in [6, 6.07) is 4.71. The molecule has 0 aromatic heterocycles. The van der Waals surface area contributed by atoms with Gasteiger partial charge < -0.3 is 14.9 Å². The second-order valence-corrected chi connectivity index (χ2v) is 2.54. The molecular weight excluding hydrogens is 204 g/mol. The van der Waals surface area contributed by atoms with Crippen LogP contribution < -0.4 is 0 Å². The number of ether oxygens (including phenoxy) is 1. The first kappa shape index (κ1) is 10.7. The summed E-state index contributed by atoms with van der Waals surface area (Å²) in [5, 5.41) is 16.7. The highest BCUT2D eigenvalue weighted by molar-refractivity contribution is 5.96. The molecule has 0 unspecified atom stereocenters. The van der Waals surface area contributed by atoms with Crippen LogP contribution in [0.1, 0.15) is 20.7 Å². The van der Waals surface area contributed by atoms with Crippen molar-refractivity contribution in [2.75, 3.05) is 0 Å². The molecular formula is C9H6O6. The average molecular weight is 210 g/mol. The molecule has 0 aliphatic carbocycles. The van der Waals surface area contributed by atoms with E-state index in [2.05, 4.69) is 4.74 Å². The number of carboxylic acid groups (broad SMARTS) is 2. The fraction of sp³-hybridized carbons (Fsp3) is 0. The normalized spacial score (nSPS) is 9.33. The van der Waals surface area contributed by atoms with E-state index >= 15 is 0 Å². The zero-order valence-electron chi connectivity index (χ0n) is 7.34.